The third-order valence-electron chi connectivity index (χ3n) is 8.55. The maximum Gasteiger partial charge on any atom is 0.310 e. The van der Waals surface area contributed by atoms with Gasteiger partial charge in [0, 0.05) is 31.0 Å². The lowest BCUT2D eigenvalue weighted by Crippen LogP contribution is -2.57. The number of unbranched alkanes of at least 4 members (excludes halogenated alkanes) is 2. The molecule has 4 fully saturated rings. The highest BCUT2D eigenvalue weighted by Crippen LogP contribution is 2.66. The Hall–Kier alpha value is -1.80. The molecule has 2 unspecified atom stereocenters. The second-order valence-electron chi connectivity index (χ2n) is 10.7. The Morgan fingerprint density at radius 2 is 1.92 bits per heavy atom. The van der Waals surface area contributed by atoms with Crippen molar-refractivity contribution in [2.24, 2.45) is 11.8 Å². The SMILES string of the molecule is C=CCCOC(=O)[C@@H]1[C@@H]2CCC3(S2)C(C(=O)N(CC=C)C2CCCCC2)N(CCCCCO)C(=O)[C@H]13. The topological polar surface area (TPSA) is 87.2 Å². The lowest BCUT2D eigenvalue weighted by Gasteiger charge is -2.41. The fourth-order valence-corrected chi connectivity index (χ4v) is 9.16. The summed E-state index contributed by atoms with van der Waals surface area (Å²) in [6.07, 6.45) is 13.3. The molecule has 1 N–H and O–H groups in total. The Morgan fingerprint density at radius 1 is 1.14 bits per heavy atom. The highest BCUT2D eigenvalue weighted by molar-refractivity contribution is 8.02. The molecule has 0 aromatic rings. The second kappa shape index (κ2) is 12.2. The number of hydrogen-bond donors (Lipinski definition) is 1. The van der Waals surface area contributed by atoms with E-state index in [4.69, 9.17) is 4.74 Å². The molecule has 36 heavy (non-hydrogen) atoms. The fourth-order valence-electron chi connectivity index (χ4n) is 6.96. The number of carbonyl (C=O) groups is 3. The number of thioether (sulfide) groups is 1. The van der Waals surface area contributed by atoms with Crippen molar-refractivity contribution in [3.63, 3.8) is 0 Å². The van der Waals surface area contributed by atoms with Gasteiger partial charge in [-0.15, -0.1) is 24.9 Å². The minimum absolute atomic E-state index is 0.0181. The minimum atomic E-state index is -0.577. The zero-order valence-electron chi connectivity index (χ0n) is 21.4. The maximum absolute atomic E-state index is 14.4. The Bertz CT molecular complexity index is 844. The molecule has 0 aromatic heterocycles. The minimum Gasteiger partial charge on any atom is -0.465 e. The number of amides is 2. The van der Waals surface area contributed by atoms with Crippen LogP contribution >= 0.6 is 11.8 Å². The number of hydrogen-bond acceptors (Lipinski definition) is 6. The number of likely N-dealkylation sites (tertiary alicyclic amines) is 1. The summed E-state index contributed by atoms with van der Waals surface area (Å²) < 4.78 is 4.99. The first-order valence-corrected chi connectivity index (χ1v) is 14.7. The van der Waals surface area contributed by atoms with Crippen LogP contribution in [0.5, 0.6) is 0 Å². The molecular weight excluding hydrogens is 476 g/mol. The van der Waals surface area contributed by atoms with Gasteiger partial charge in [0.05, 0.1) is 23.2 Å². The molecule has 2 bridgehead atoms. The van der Waals surface area contributed by atoms with Crippen molar-refractivity contribution in [1.82, 2.24) is 9.80 Å². The van der Waals surface area contributed by atoms with Crippen LogP contribution in [0.25, 0.3) is 0 Å². The number of nitrogens with zero attached hydrogens (tertiary/aromatic N) is 2. The first-order valence-electron chi connectivity index (χ1n) is 13.8. The predicted molar refractivity (Wildman–Crippen MR) is 141 cm³/mol. The zero-order valence-corrected chi connectivity index (χ0v) is 22.3. The summed E-state index contributed by atoms with van der Waals surface area (Å²) in [6.45, 7) is 8.95. The van der Waals surface area contributed by atoms with Gasteiger partial charge < -0.3 is 19.6 Å². The average Bonchev–Trinajstić information content (AvgIpc) is 3.53. The Labute approximate surface area is 219 Å². The van der Waals surface area contributed by atoms with Crippen molar-refractivity contribution >= 4 is 29.5 Å². The molecule has 4 aliphatic rings. The number of aliphatic hydroxyl groups is 1. The van der Waals surface area contributed by atoms with Crippen molar-refractivity contribution in [2.45, 2.75) is 92.7 Å². The maximum atomic E-state index is 14.4. The standard InChI is InChI=1S/C28H42N2O5S/c1-3-5-19-35-27(34)22-21-14-15-28(36-21)23(22)25(32)30(17-10-7-11-18-31)24(28)26(33)29(16-4-2)20-12-8-6-9-13-20/h3-4,20-24,31H,1-2,5-19H2/t21-,22+,23-,24?,28?/m0/s1. The van der Waals surface area contributed by atoms with Gasteiger partial charge in [0.15, 0.2) is 0 Å². The van der Waals surface area contributed by atoms with E-state index in [1.807, 2.05) is 4.90 Å². The molecule has 3 heterocycles. The molecule has 1 saturated carbocycles. The van der Waals surface area contributed by atoms with Gasteiger partial charge in [-0.3, -0.25) is 14.4 Å². The molecule has 5 atom stereocenters. The molecule has 3 aliphatic heterocycles. The van der Waals surface area contributed by atoms with E-state index in [1.165, 1.54) is 6.42 Å². The molecule has 2 amide bonds. The van der Waals surface area contributed by atoms with Crippen molar-refractivity contribution in [2.75, 3.05) is 26.3 Å². The molecule has 0 radical (unpaired) electrons. The Morgan fingerprint density at radius 3 is 2.61 bits per heavy atom. The van der Waals surface area contributed by atoms with E-state index in [1.54, 1.807) is 28.8 Å². The number of fused-ring (bicyclic) bond motifs is 1. The van der Waals surface area contributed by atoms with E-state index in [0.717, 1.165) is 51.4 Å². The van der Waals surface area contributed by atoms with E-state index in [-0.39, 0.29) is 42.3 Å². The largest absolute Gasteiger partial charge is 0.465 e. The van der Waals surface area contributed by atoms with Crippen LogP contribution in [0, 0.1) is 11.8 Å². The number of ether oxygens (including phenoxy) is 1. The van der Waals surface area contributed by atoms with Crippen LogP contribution in [-0.4, -0.2) is 81.1 Å². The average molecular weight is 519 g/mol. The van der Waals surface area contributed by atoms with Crippen molar-refractivity contribution in [3.05, 3.63) is 25.3 Å². The lowest BCUT2D eigenvalue weighted by molar-refractivity contribution is -0.154. The first kappa shape index (κ1) is 27.2. The first-order chi connectivity index (χ1) is 17.5. The quantitative estimate of drug-likeness (QED) is 0.227. The highest BCUT2D eigenvalue weighted by Gasteiger charge is 2.74. The van der Waals surface area contributed by atoms with E-state index >= 15 is 0 Å². The zero-order chi connectivity index (χ0) is 25.7. The Kier molecular flexibility index (Phi) is 9.20. The number of aliphatic hydroxyl groups excluding tert-OH is 1. The van der Waals surface area contributed by atoms with Gasteiger partial charge in [-0.2, -0.15) is 0 Å². The molecule has 4 rings (SSSR count). The summed E-state index contributed by atoms with van der Waals surface area (Å²) >= 11 is 1.70. The smallest absolute Gasteiger partial charge is 0.310 e. The van der Waals surface area contributed by atoms with Crippen LogP contribution in [-0.2, 0) is 19.1 Å². The number of esters is 1. The third kappa shape index (κ3) is 5.00. The molecule has 1 spiro atoms. The van der Waals surface area contributed by atoms with Gasteiger partial charge in [0.2, 0.25) is 11.8 Å². The van der Waals surface area contributed by atoms with Gasteiger partial charge in [-0.05, 0) is 51.4 Å². The molecule has 0 aromatic carbocycles. The molecule has 1 aliphatic carbocycles. The van der Waals surface area contributed by atoms with Crippen LogP contribution in [0.15, 0.2) is 25.3 Å². The summed E-state index contributed by atoms with van der Waals surface area (Å²) in [4.78, 5) is 45.4. The summed E-state index contributed by atoms with van der Waals surface area (Å²) in [6, 6.07) is -0.388. The summed E-state index contributed by atoms with van der Waals surface area (Å²) in [7, 11) is 0. The summed E-state index contributed by atoms with van der Waals surface area (Å²) in [5, 5.41) is 9.23. The molecule has 7 nitrogen and oxygen atoms in total. The monoisotopic (exact) mass is 518 g/mol. The Balaban J connectivity index is 1.64. The van der Waals surface area contributed by atoms with E-state index in [9.17, 15) is 19.5 Å². The summed E-state index contributed by atoms with van der Waals surface area (Å²) in [5.74, 6) is -1.37. The van der Waals surface area contributed by atoms with Gasteiger partial charge in [-0.1, -0.05) is 31.4 Å². The van der Waals surface area contributed by atoms with E-state index < -0.39 is 22.6 Å². The third-order valence-corrected chi connectivity index (χ3v) is 10.5. The van der Waals surface area contributed by atoms with Gasteiger partial charge >= 0.3 is 5.97 Å². The molecule has 8 heteroatoms. The molecule has 200 valence electrons. The van der Waals surface area contributed by atoms with Gasteiger partial charge in [0.1, 0.15) is 6.04 Å². The number of carbonyl (C=O) groups excluding carboxylic acids is 3. The van der Waals surface area contributed by atoms with Crippen LogP contribution in [0.2, 0.25) is 0 Å². The highest BCUT2D eigenvalue weighted by atomic mass is 32.2. The van der Waals surface area contributed by atoms with Crippen molar-refractivity contribution in [1.29, 1.82) is 0 Å². The normalized spacial score (nSPS) is 31.4. The molecule has 3 saturated heterocycles. The van der Waals surface area contributed by atoms with Crippen LogP contribution in [0.1, 0.15) is 70.6 Å². The van der Waals surface area contributed by atoms with E-state index in [0.29, 0.717) is 25.9 Å². The lowest BCUT2D eigenvalue weighted by atomic mass is 9.71. The van der Waals surface area contributed by atoms with Crippen LogP contribution in [0.4, 0.5) is 0 Å². The van der Waals surface area contributed by atoms with Crippen molar-refractivity contribution in [3.8, 4) is 0 Å². The van der Waals surface area contributed by atoms with E-state index in [2.05, 4.69) is 13.2 Å². The van der Waals surface area contributed by atoms with Crippen LogP contribution in [0.3, 0.4) is 0 Å². The van der Waals surface area contributed by atoms with Gasteiger partial charge in [0.25, 0.3) is 0 Å². The fraction of sp³-hybridized carbons (Fsp3) is 0.750. The van der Waals surface area contributed by atoms with Gasteiger partial charge in [-0.25, -0.2) is 0 Å². The molecular formula is C28H42N2O5S. The predicted octanol–water partition coefficient (Wildman–Crippen LogP) is 3.71. The summed E-state index contributed by atoms with van der Waals surface area (Å²) in [5.41, 5.74) is 0. The van der Waals surface area contributed by atoms with Crippen molar-refractivity contribution < 1.29 is 24.2 Å². The second-order valence-corrected chi connectivity index (χ2v) is 12.3. The number of rotatable bonds is 13. The van der Waals surface area contributed by atoms with Crippen LogP contribution < -0.4 is 0 Å².